The molecule has 0 radical (unpaired) electrons. The van der Waals surface area contributed by atoms with Crippen molar-refractivity contribution >= 4 is 5.91 Å². The lowest BCUT2D eigenvalue weighted by Gasteiger charge is -2.45. The van der Waals surface area contributed by atoms with Gasteiger partial charge in [-0.15, -0.1) is 0 Å². The Morgan fingerprint density at radius 3 is 2.61 bits per heavy atom. The molecule has 0 unspecified atom stereocenters. The van der Waals surface area contributed by atoms with Crippen molar-refractivity contribution in [3.05, 3.63) is 58.9 Å². The van der Waals surface area contributed by atoms with Gasteiger partial charge in [-0.05, 0) is 59.8 Å². The number of carbonyl (C=O) groups excluding carboxylic acids is 1. The largest absolute Gasteiger partial charge is 0.378 e. The van der Waals surface area contributed by atoms with Gasteiger partial charge in [-0.2, -0.15) is 5.26 Å². The van der Waals surface area contributed by atoms with Crippen LogP contribution in [-0.2, 0) is 37.6 Å². The highest BCUT2D eigenvalue weighted by Gasteiger charge is 2.44. The Morgan fingerprint density at radius 2 is 1.97 bits per heavy atom. The van der Waals surface area contributed by atoms with Crippen molar-refractivity contribution in [3.63, 3.8) is 0 Å². The Balaban J connectivity index is 1.28. The first-order chi connectivity index (χ1) is 18.5. The fourth-order valence-electron chi connectivity index (χ4n) is 5.67. The van der Waals surface area contributed by atoms with Crippen LogP contribution in [0.5, 0.6) is 0 Å². The molecule has 5 rings (SSSR count). The number of carbonyl (C=O) groups is 1. The van der Waals surface area contributed by atoms with Crippen molar-refractivity contribution in [2.45, 2.75) is 49.7 Å². The summed E-state index contributed by atoms with van der Waals surface area (Å²) in [5.74, 6) is -0.815. The molecular formula is C29H35FN4O4. The molecule has 2 atom stereocenters. The molecule has 0 aliphatic carbocycles. The number of nitriles is 1. The second kappa shape index (κ2) is 11.5. The number of hydrogen-bond acceptors (Lipinski definition) is 7. The molecule has 8 nitrogen and oxygen atoms in total. The number of hydrogen-bond donors (Lipinski definition) is 2. The number of amides is 1. The van der Waals surface area contributed by atoms with E-state index in [0.717, 1.165) is 50.3 Å². The summed E-state index contributed by atoms with van der Waals surface area (Å²) in [5, 5.41) is 15.1. The first-order valence-electron chi connectivity index (χ1n) is 13.2. The molecule has 9 heteroatoms. The molecule has 0 aromatic heterocycles. The third kappa shape index (κ3) is 5.33. The Kier molecular flexibility index (Phi) is 8.07. The SMILES string of the molecule is CNC[C@H](OC)C(=O)N[C@H](C#N)Cc1ccc(-c2ccc3c(c2)C2(CCN(C4COC4)CC2)OC3)cc1F. The van der Waals surface area contributed by atoms with Crippen LogP contribution in [0, 0.1) is 17.1 Å². The second-order valence-corrected chi connectivity index (χ2v) is 10.4. The van der Waals surface area contributed by atoms with Gasteiger partial charge >= 0.3 is 0 Å². The molecule has 2 aromatic rings. The molecule has 2 fully saturated rings. The summed E-state index contributed by atoms with van der Waals surface area (Å²) in [4.78, 5) is 14.9. The lowest BCUT2D eigenvalue weighted by atomic mass is 9.82. The van der Waals surface area contributed by atoms with E-state index in [0.29, 0.717) is 24.8 Å². The van der Waals surface area contributed by atoms with Crippen LogP contribution < -0.4 is 10.6 Å². The highest BCUT2D eigenvalue weighted by molar-refractivity contribution is 5.81. The van der Waals surface area contributed by atoms with Crippen LogP contribution in [0.2, 0.25) is 0 Å². The van der Waals surface area contributed by atoms with E-state index in [-0.39, 0.29) is 12.0 Å². The molecular weight excluding hydrogens is 487 g/mol. The van der Waals surface area contributed by atoms with E-state index in [4.69, 9.17) is 14.2 Å². The van der Waals surface area contributed by atoms with Crippen LogP contribution in [0.4, 0.5) is 4.39 Å². The Labute approximate surface area is 223 Å². The lowest BCUT2D eigenvalue weighted by molar-refractivity contribution is -0.131. The first-order valence-corrected chi connectivity index (χ1v) is 13.2. The third-order valence-corrected chi connectivity index (χ3v) is 8.10. The molecule has 3 heterocycles. The Hall–Kier alpha value is -2.87. The van der Waals surface area contributed by atoms with Gasteiger partial charge in [0.15, 0.2) is 0 Å². The fourth-order valence-corrected chi connectivity index (χ4v) is 5.67. The minimum atomic E-state index is -0.869. The summed E-state index contributed by atoms with van der Waals surface area (Å²) in [5.41, 5.74) is 4.21. The van der Waals surface area contributed by atoms with E-state index in [1.807, 2.05) is 12.1 Å². The van der Waals surface area contributed by atoms with E-state index in [9.17, 15) is 10.1 Å². The summed E-state index contributed by atoms with van der Waals surface area (Å²) < 4.78 is 32.1. The lowest BCUT2D eigenvalue weighted by Crippen LogP contribution is -2.54. The van der Waals surface area contributed by atoms with Crippen molar-refractivity contribution in [1.82, 2.24) is 15.5 Å². The van der Waals surface area contributed by atoms with E-state index in [1.54, 1.807) is 13.1 Å². The highest BCUT2D eigenvalue weighted by Crippen LogP contribution is 2.46. The molecule has 2 N–H and O–H groups in total. The Bertz CT molecular complexity index is 1200. The number of nitrogens with one attached hydrogen (secondary N) is 2. The summed E-state index contributed by atoms with van der Waals surface area (Å²) in [6, 6.07) is 13.1. The molecule has 3 aliphatic rings. The number of rotatable bonds is 9. The number of halogens is 1. The fraction of sp³-hybridized carbons (Fsp3) is 0.517. The molecule has 1 spiro atoms. The van der Waals surface area contributed by atoms with Gasteiger partial charge in [0.1, 0.15) is 18.0 Å². The minimum Gasteiger partial charge on any atom is -0.378 e. The molecule has 38 heavy (non-hydrogen) atoms. The van der Waals surface area contributed by atoms with Crippen LogP contribution in [0.3, 0.4) is 0 Å². The summed E-state index contributed by atoms with van der Waals surface area (Å²) in [6.45, 7) is 4.53. The zero-order chi connectivity index (χ0) is 26.7. The normalized spacial score (nSPS) is 20.4. The van der Waals surface area contributed by atoms with Crippen molar-refractivity contribution in [3.8, 4) is 17.2 Å². The van der Waals surface area contributed by atoms with E-state index < -0.39 is 23.9 Å². The van der Waals surface area contributed by atoms with Crippen LogP contribution in [-0.4, -0.2) is 76.0 Å². The number of nitrogens with zero attached hydrogens (tertiary/aromatic N) is 2. The van der Waals surface area contributed by atoms with E-state index in [2.05, 4.69) is 33.7 Å². The molecule has 2 aromatic carbocycles. The number of methoxy groups -OCH3 is 1. The number of benzene rings is 2. The van der Waals surface area contributed by atoms with Gasteiger partial charge in [0.25, 0.3) is 5.91 Å². The summed E-state index contributed by atoms with van der Waals surface area (Å²) >= 11 is 0. The van der Waals surface area contributed by atoms with Crippen molar-refractivity contribution < 1.29 is 23.4 Å². The quantitative estimate of drug-likeness (QED) is 0.523. The minimum absolute atomic E-state index is 0.0635. The molecule has 2 saturated heterocycles. The monoisotopic (exact) mass is 522 g/mol. The van der Waals surface area contributed by atoms with Gasteiger partial charge in [0.2, 0.25) is 0 Å². The topological polar surface area (TPSA) is 95.9 Å². The number of likely N-dealkylation sites (tertiary alicyclic amines) is 1. The maximum absolute atomic E-state index is 15.2. The number of ether oxygens (including phenoxy) is 3. The zero-order valence-corrected chi connectivity index (χ0v) is 22.0. The van der Waals surface area contributed by atoms with Crippen molar-refractivity contribution in [2.24, 2.45) is 0 Å². The smallest absolute Gasteiger partial charge is 0.251 e. The van der Waals surface area contributed by atoms with Gasteiger partial charge in [0, 0.05) is 33.2 Å². The maximum Gasteiger partial charge on any atom is 0.251 e. The third-order valence-electron chi connectivity index (χ3n) is 8.10. The predicted molar refractivity (Wildman–Crippen MR) is 140 cm³/mol. The zero-order valence-electron chi connectivity index (χ0n) is 22.0. The molecule has 3 aliphatic heterocycles. The van der Waals surface area contributed by atoms with Crippen LogP contribution >= 0.6 is 0 Å². The van der Waals surface area contributed by atoms with Gasteiger partial charge in [-0.1, -0.05) is 24.3 Å². The van der Waals surface area contributed by atoms with Gasteiger partial charge in [-0.25, -0.2) is 4.39 Å². The number of likely N-dealkylation sites (N-methyl/N-ethyl adjacent to an activating group) is 1. The Morgan fingerprint density at radius 1 is 1.24 bits per heavy atom. The first kappa shape index (κ1) is 26.7. The van der Waals surface area contributed by atoms with Crippen molar-refractivity contribution in [1.29, 1.82) is 5.26 Å². The highest BCUT2D eigenvalue weighted by atomic mass is 19.1. The van der Waals surface area contributed by atoms with Gasteiger partial charge in [0.05, 0.1) is 37.5 Å². The molecule has 1 amide bonds. The van der Waals surface area contributed by atoms with Gasteiger partial charge < -0.3 is 24.8 Å². The predicted octanol–water partition coefficient (Wildman–Crippen LogP) is 2.50. The van der Waals surface area contributed by atoms with Crippen LogP contribution in [0.15, 0.2) is 36.4 Å². The maximum atomic E-state index is 15.2. The van der Waals surface area contributed by atoms with E-state index in [1.165, 1.54) is 24.3 Å². The van der Waals surface area contributed by atoms with Crippen LogP contribution in [0.1, 0.15) is 29.5 Å². The number of fused-ring (bicyclic) bond motifs is 2. The average molecular weight is 523 g/mol. The summed E-state index contributed by atoms with van der Waals surface area (Å²) in [7, 11) is 3.14. The molecule has 0 saturated carbocycles. The number of piperidine rings is 1. The molecule has 0 bridgehead atoms. The standard InChI is InChI=1S/C29H35FN4O4/c1-32-15-27(36-2)28(35)33-23(14-31)11-21-5-3-20(13-26(21)30)19-4-6-22-16-38-29(25(22)12-19)7-9-34(10-8-29)24-17-37-18-24/h3-6,12-13,23-24,27,32H,7-11,15-18H2,1-2H3,(H,33,35)/t23-,27-/m0/s1. The second-order valence-electron chi connectivity index (χ2n) is 10.4. The average Bonchev–Trinajstić information content (AvgIpc) is 3.25. The molecule has 202 valence electrons. The summed E-state index contributed by atoms with van der Waals surface area (Å²) in [6.07, 6.45) is 1.21. The van der Waals surface area contributed by atoms with E-state index >= 15 is 4.39 Å². The van der Waals surface area contributed by atoms with Crippen molar-refractivity contribution in [2.75, 3.05) is 47.0 Å². The van der Waals surface area contributed by atoms with Gasteiger partial charge in [-0.3, -0.25) is 9.69 Å². The van der Waals surface area contributed by atoms with Crippen LogP contribution in [0.25, 0.3) is 11.1 Å².